The summed E-state index contributed by atoms with van der Waals surface area (Å²) in [5, 5.41) is 1.05. The Morgan fingerprint density at radius 3 is 2.42 bits per heavy atom. The molecule has 0 aliphatic carbocycles. The lowest BCUT2D eigenvalue weighted by Gasteiger charge is -2.25. The van der Waals surface area contributed by atoms with Gasteiger partial charge >= 0.3 is 0 Å². The van der Waals surface area contributed by atoms with E-state index in [4.69, 9.17) is 27.9 Å². The van der Waals surface area contributed by atoms with E-state index >= 15 is 0 Å². The summed E-state index contributed by atoms with van der Waals surface area (Å²) >= 11 is 12.0. The Hall–Kier alpha value is -1.27. The molecule has 2 aromatic carbocycles. The van der Waals surface area contributed by atoms with Gasteiger partial charge in [-0.2, -0.15) is 4.31 Å². The summed E-state index contributed by atoms with van der Waals surface area (Å²) in [6.45, 7) is 0.918. The molecule has 2 aromatic rings. The van der Waals surface area contributed by atoms with Gasteiger partial charge in [0.15, 0.2) is 0 Å². The number of benzene rings is 2. The summed E-state index contributed by atoms with van der Waals surface area (Å²) in [5.41, 5.74) is 1.11. The van der Waals surface area contributed by atoms with E-state index in [-0.39, 0.29) is 10.8 Å². The molecular weight excluding hydrogens is 393 g/mol. The van der Waals surface area contributed by atoms with Crippen LogP contribution in [-0.4, -0.2) is 32.9 Å². The predicted molar refractivity (Wildman–Crippen MR) is 105 cm³/mol. The fraction of sp³-hybridized carbons (Fsp3) is 0.368. The first-order valence-electron chi connectivity index (χ1n) is 8.51. The van der Waals surface area contributed by atoms with Gasteiger partial charge in [-0.25, -0.2) is 8.42 Å². The summed E-state index contributed by atoms with van der Waals surface area (Å²) in [5.74, 6) is 0.441. The number of hydrogen-bond donors (Lipinski definition) is 0. The van der Waals surface area contributed by atoms with Crippen molar-refractivity contribution in [2.24, 2.45) is 0 Å². The van der Waals surface area contributed by atoms with Crippen molar-refractivity contribution in [1.82, 2.24) is 4.31 Å². The highest BCUT2D eigenvalue weighted by molar-refractivity contribution is 7.89. The van der Waals surface area contributed by atoms with Crippen LogP contribution in [0.3, 0.4) is 0 Å². The topological polar surface area (TPSA) is 46.6 Å². The minimum atomic E-state index is -3.70. The van der Waals surface area contributed by atoms with Crippen molar-refractivity contribution in [3.63, 3.8) is 0 Å². The zero-order chi connectivity index (χ0) is 18.7. The lowest BCUT2D eigenvalue weighted by Crippen LogP contribution is -2.34. The SMILES string of the molecule is COc1ccc(Cl)cc1S(=O)(=O)N1CCCCC(c2ccc(Cl)cc2)C1. The van der Waals surface area contributed by atoms with Crippen molar-refractivity contribution in [1.29, 1.82) is 0 Å². The third kappa shape index (κ3) is 4.17. The molecule has 1 aliphatic heterocycles. The van der Waals surface area contributed by atoms with Gasteiger partial charge in [-0.05, 0) is 54.7 Å². The second-order valence-electron chi connectivity index (χ2n) is 6.40. The fourth-order valence-corrected chi connectivity index (χ4v) is 5.39. The number of ether oxygens (including phenoxy) is 1. The Morgan fingerprint density at radius 1 is 1.04 bits per heavy atom. The van der Waals surface area contributed by atoms with Crippen molar-refractivity contribution in [3.05, 3.63) is 58.1 Å². The van der Waals surface area contributed by atoms with Crippen molar-refractivity contribution >= 4 is 33.2 Å². The fourth-order valence-electron chi connectivity index (χ4n) is 3.32. The smallest absolute Gasteiger partial charge is 0.246 e. The average Bonchev–Trinajstić information content (AvgIpc) is 2.89. The predicted octanol–water partition coefficient (Wildman–Crippen LogP) is 4.96. The molecule has 0 amide bonds. The van der Waals surface area contributed by atoms with Crippen LogP contribution in [0.1, 0.15) is 30.7 Å². The van der Waals surface area contributed by atoms with Crippen LogP contribution in [0.4, 0.5) is 0 Å². The quantitative estimate of drug-likeness (QED) is 0.711. The van der Waals surface area contributed by atoms with Gasteiger partial charge in [0, 0.05) is 23.1 Å². The number of nitrogens with zero attached hydrogens (tertiary/aromatic N) is 1. The van der Waals surface area contributed by atoms with E-state index < -0.39 is 10.0 Å². The van der Waals surface area contributed by atoms with E-state index in [1.54, 1.807) is 16.4 Å². The Kier molecular flexibility index (Phi) is 6.13. The summed E-state index contributed by atoms with van der Waals surface area (Å²) in [6.07, 6.45) is 2.75. The lowest BCUT2D eigenvalue weighted by molar-refractivity contribution is 0.386. The standard InChI is InChI=1S/C19H21Cl2NO3S/c1-25-18-10-9-17(21)12-19(18)26(23,24)22-11-3-2-4-15(13-22)14-5-7-16(20)8-6-14/h5-10,12,15H,2-4,11,13H2,1H3. The van der Waals surface area contributed by atoms with Crippen LogP contribution in [0, 0.1) is 0 Å². The molecule has 1 atom stereocenters. The highest BCUT2D eigenvalue weighted by atomic mass is 35.5. The van der Waals surface area contributed by atoms with Crippen molar-refractivity contribution in [2.75, 3.05) is 20.2 Å². The molecule has 7 heteroatoms. The van der Waals surface area contributed by atoms with E-state index in [0.717, 1.165) is 24.8 Å². The third-order valence-corrected chi connectivity index (χ3v) is 7.09. The Labute approximate surface area is 164 Å². The zero-order valence-corrected chi connectivity index (χ0v) is 16.8. The highest BCUT2D eigenvalue weighted by Gasteiger charge is 2.31. The number of sulfonamides is 1. The maximum Gasteiger partial charge on any atom is 0.246 e. The third-order valence-electron chi connectivity index (χ3n) is 4.72. The van der Waals surface area contributed by atoms with Crippen molar-refractivity contribution < 1.29 is 13.2 Å². The first-order valence-corrected chi connectivity index (χ1v) is 10.7. The maximum absolute atomic E-state index is 13.3. The minimum Gasteiger partial charge on any atom is -0.495 e. The van der Waals surface area contributed by atoms with E-state index in [2.05, 4.69) is 0 Å². The first kappa shape index (κ1) is 19.5. The highest BCUT2D eigenvalue weighted by Crippen LogP contribution is 2.34. The molecule has 0 radical (unpaired) electrons. The van der Waals surface area contributed by atoms with Crippen molar-refractivity contribution in [2.45, 2.75) is 30.1 Å². The minimum absolute atomic E-state index is 0.115. The Bertz CT molecular complexity index is 869. The second kappa shape index (κ2) is 8.17. The molecule has 1 heterocycles. The molecule has 0 N–H and O–H groups in total. The van der Waals surface area contributed by atoms with E-state index in [0.29, 0.717) is 28.9 Å². The zero-order valence-electron chi connectivity index (χ0n) is 14.5. The largest absolute Gasteiger partial charge is 0.495 e. The molecule has 26 heavy (non-hydrogen) atoms. The van der Waals surface area contributed by atoms with Crippen molar-refractivity contribution in [3.8, 4) is 5.75 Å². The second-order valence-corrected chi connectivity index (χ2v) is 9.18. The van der Waals surface area contributed by atoms with Crippen LogP contribution in [-0.2, 0) is 10.0 Å². The normalized spacial score (nSPS) is 19.1. The number of halogens is 2. The monoisotopic (exact) mass is 413 g/mol. The molecule has 4 nitrogen and oxygen atoms in total. The summed E-state index contributed by atoms with van der Waals surface area (Å²) in [6, 6.07) is 12.3. The summed E-state index contributed by atoms with van der Waals surface area (Å²) < 4.78 is 33.3. The molecule has 1 unspecified atom stereocenters. The molecule has 0 bridgehead atoms. The maximum atomic E-state index is 13.3. The van der Waals surface area contributed by atoms with Gasteiger partial charge in [-0.15, -0.1) is 0 Å². The molecule has 0 spiro atoms. The Morgan fingerprint density at radius 2 is 1.73 bits per heavy atom. The van der Waals surface area contributed by atoms with Crippen LogP contribution < -0.4 is 4.74 Å². The summed E-state index contributed by atoms with van der Waals surface area (Å²) in [4.78, 5) is 0.115. The van der Waals surface area contributed by atoms with E-state index in [1.807, 2.05) is 24.3 Å². The van der Waals surface area contributed by atoms with Crippen LogP contribution >= 0.6 is 23.2 Å². The van der Waals surface area contributed by atoms with E-state index in [9.17, 15) is 8.42 Å². The summed E-state index contributed by atoms with van der Waals surface area (Å²) in [7, 11) is -2.24. The van der Waals surface area contributed by atoms with Gasteiger partial charge in [0.25, 0.3) is 0 Å². The van der Waals surface area contributed by atoms with Gasteiger partial charge in [0.1, 0.15) is 10.6 Å². The van der Waals surface area contributed by atoms with Crippen LogP contribution in [0.2, 0.25) is 10.0 Å². The molecule has 3 rings (SSSR count). The van der Waals surface area contributed by atoms with Gasteiger partial charge in [0.05, 0.1) is 7.11 Å². The molecule has 0 aromatic heterocycles. The van der Waals surface area contributed by atoms with Crippen LogP contribution in [0.25, 0.3) is 0 Å². The number of methoxy groups -OCH3 is 1. The average molecular weight is 414 g/mol. The van der Waals surface area contributed by atoms with Gasteiger partial charge in [-0.3, -0.25) is 0 Å². The lowest BCUT2D eigenvalue weighted by atomic mass is 9.95. The molecule has 1 aliphatic rings. The van der Waals surface area contributed by atoms with Gasteiger partial charge in [0.2, 0.25) is 10.0 Å². The molecule has 1 saturated heterocycles. The van der Waals surface area contributed by atoms with Crippen LogP contribution in [0.5, 0.6) is 5.75 Å². The molecule has 140 valence electrons. The first-order chi connectivity index (χ1) is 12.4. The van der Waals surface area contributed by atoms with Gasteiger partial charge < -0.3 is 4.74 Å². The molecule has 1 fully saturated rings. The van der Waals surface area contributed by atoms with E-state index in [1.165, 1.54) is 13.2 Å². The molecular formula is C19H21Cl2NO3S. The van der Waals surface area contributed by atoms with Gasteiger partial charge in [-0.1, -0.05) is 41.8 Å². The number of rotatable bonds is 4. The Balaban J connectivity index is 1.93. The van der Waals surface area contributed by atoms with Crippen LogP contribution in [0.15, 0.2) is 47.4 Å². The number of hydrogen-bond acceptors (Lipinski definition) is 3. The molecule has 0 saturated carbocycles.